The van der Waals surface area contributed by atoms with Gasteiger partial charge in [-0.1, -0.05) is 0 Å². The molecule has 0 aromatic heterocycles. The van der Waals surface area contributed by atoms with E-state index in [0.29, 0.717) is 24.7 Å². The zero-order valence-corrected chi connectivity index (χ0v) is 21.1. The van der Waals surface area contributed by atoms with Gasteiger partial charge in [0.25, 0.3) is 0 Å². The first-order valence-corrected chi connectivity index (χ1v) is 13.6. The molecule has 0 spiro atoms. The first-order chi connectivity index (χ1) is 17.6. The van der Waals surface area contributed by atoms with Gasteiger partial charge in [-0.05, 0) is 81.0 Å². The van der Waals surface area contributed by atoms with E-state index in [0.717, 1.165) is 39.2 Å². The minimum Gasteiger partial charge on any atom is -0.467 e. The van der Waals surface area contributed by atoms with E-state index in [1.807, 2.05) is 0 Å². The monoisotopic (exact) mass is 528 g/mol. The number of methoxy groups -OCH3 is 1. The van der Waals surface area contributed by atoms with Crippen LogP contribution in [-0.4, -0.2) is 105 Å². The summed E-state index contributed by atoms with van der Waals surface area (Å²) in [7, 11) is 1.08. The number of rotatable bonds is 5. The largest absolute Gasteiger partial charge is 0.467 e. The molecule has 11 heteroatoms. The fraction of sp³-hybridized carbons (Fsp3) is 0.923. The van der Waals surface area contributed by atoms with E-state index in [9.17, 15) is 40.2 Å². The highest BCUT2D eigenvalue weighted by Gasteiger charge is 2.61. The van der Waals surface area contributed by atoms with E-state index in [2.05, 4.69) is 4.74 Å². The Bertz CT molecular complexity index is 867. The molecule has 4 saturated carbocycles. The number of hydrogen-bond donors (Lipinski definition) is 6. The number of Topliss-reactive ketones (excluding diaryl/α,β-unsaturated/α-hetero) is 1. The Labute approximate surface area is 215 Å². The molecule has 37 heavy (non-hydrogen) atoms. The molecule has 1 saturated heterocycles. The van der Waals surface area contributed by atoms with Crippen molar-refractivity contribution in [3.05, 3.63) is 0 Å². The molecular weight excluding hydrogens is 488 g/mol. The number of esters is 1. The summed E-state index contributed by atoms with van der Waals surface area (Å²) in [6.45, 7) is -0.634. The normalized spacial score (nSPS) is 51.5. The third-order valence-corrected chi connectivity index (χ3v) is 10.2. The third-order valence-electron chi connectivity index (χ3n) is 10.2. The average Bonchev–Trinajstić information content (AvgIpc) is 3.23. The van der Waals surface area contributed by atoms with Crippen molar-refractivity contribution in [1.82, 2.24) is 0 Å². The molecule has 12 unspecified atom stereocenters. The van der Waals surface area contributed by atoms with E-state index < -0.39 is 66.7 Å². The fourth-order valence-corrected chi connectivity index (χ4v) is 8.44. The number of ketones is 1. The maximum Gasteiger partial charge on any atom is 0.337 e. The smallest absolute Gasteiger partial charge is 0.337 e. The number of carbonyl (C=O) groups is 2. The summed E-state index contributed by atoms with van der Waals surface area (Å²) < 4.78 is 15.3. The van der Waals surface area contributed by atoms with Crippen molar-refractivity contribution in [2.45, 2.75) is 99.9 Å². The Morgan fingerprint density at radius 3 is 2.35 bits per heavy atom. The number of carbonyl (C=O) groups excluding carboxylic acids is 2. The summed E-state index contributed by atoms with van der Waals surface area (Å²) in [4.78, 5) is 25.2. The molecule has 1 aliphatic heterocycles. The van der Waals surface area contributed by atoms with E-state index in [-0.39, 0.29) is 30.3 Å². The van der Waals surface area contributed by atoms with Crippen molar-refractivity contribution in [3.63, 3.8) is 0 Å². The molecule has 1 heterocycles. The summed E-state index contributed by atoms with van der Waals surface area (Å²) >= 11 is 0. The van der Waals surface area contributed by atoms with Crippen molar-refractivity contribution in [1.29, 1.82) is 0 Å². The van der Waals surface area contributed by atoms with E-state index in [4.69, 9.17) is 9.47 Å². The molecule has 14 atom stereocenters. The minimum absolute atomic E-state index is 0.104. The molecule has 0 radical (unpaired) electrons. The Morgan fingerprint density at radius 2 is 1.62 bits per heavy atom. The van der Waals surface area contributed by atoms with Gasteiger partial charge in [0.1, 0.15) is 30.5 Å². The number of fused-ring (bicyclic) bond motifs is 5. The van der Waals surface area contributed by atoms with Crippen LogP contribution in [0.25, 0.3) is 0 Å². The van der Waals surface area contributed by atoms with Gasteiger partial charge in [-0.2, -0.15) is 0 Å². The topological polar surface area (TPSA) is 183 Å². The molecule has 4 aliphatic carbocycles. The maximum atomic E-state index is 13.3. The van der Waals surface area contributed by atoms with Gasteiger partial charge in [-0.25, -0.2) is 4.79 Å². The maximum absolute atomic E-state index is 13.3. The molecule has 6 N–H and O–H groups in total. The van der Waals surface area contributed by atoms with Crippen molar-refractivity contribution in [3.8, 4) is 0 Å². The number of ether oxygens (including phenoxy) is 3. The molecule has 0 aromatic carbocycles. The van der Waals surface area contributed by atoms with E-state index in [1.54, 1.807) is 0 Å². The molecule has 11 nitrogen and oxygen atoms in total. The minimum atomic E-state index is -1.77. The number of hydrogen-bond acceptors (Lipinski definition) is 11. The predicted octanol–water partition coefficient (Wildman–Crippen LogP) is -1.12. The standard InChI is InChI=1S/C26H40O11/c1-35-24(33)23-21(31)20(30)22(32)25(37-23)36-10-18(29)26(34)7-6-14-15-4-2-11-8-12(27)3-5-13(11)19(15)17(28)9-16(14)26/h11-17,19-23,25,27-28,30-32,34H,2-10H2,1H3/t11?,12-,13?,14?,15?,16?,17?,19?,20?,21?,22?,23?,25?,26-/m1/s1. The second-order valence-electron chi connectivity index (χ2n) is 11.9. The molecule has 5 rings (SSSR count). The lowest BCUT2D eigenvalue weighted by molar-refractivity contribution is -0.293. The molecule has 0 bridgehead atoms. The molecule has 210 valence electrons. The first kappa shape index (κ1) is 27.4. The molecule has 0 aromatic rings. The number of aliphatic hydroxyl groups is 6. The van der Waals surface area contributed by atoms with Gasteiger partial charge in [0.15, 0.2) is 18.2 Å². The fourth-order valence-electron chi connectivity index (χ4n) is 8.44. The molecule has 0 amide bonds. The van der Waals surface area contributed by atoms with E-state index in [1.165, 1.54) is 0 Å². The van der Waals surface area contributed by atoms with Gasteiger partial charge in [-0.15, -0.1) is 0 Å². The lowest BCUT2D eigenvalue weighted by Crippen LogP contribution is -2.61. The van der Waals surface area contributed by atoms with Crippen LogP contribution in [0.4, 0.5) is 0 Å². The Balaban J connectivity index is 1.25. The average molecular weight is 529 g/mol. The van der Waals surface area contributed by atoms with Crippen molar-refractivity contribution >= 4 is 11.8 Å². The van der Waals surface area contributed by atoms with Gasteiger partial charge in [-0.3, -0.25) is 4.79 Å². The highest BCUT2D eigenvalue weighted by Crippen LogP contribution is 2.60. The van der Waals surface area contributed by atoms with Gasteiger partial charge >= 0.3 is 5.97 Å². The Morgan fingerprint density at radius 1 is 0.892 bits per heavy atom. The van der Waals surface area contributed by atoms with Crippen molar-refractivity contribution in [2.24, 2.45) is 35.5 Å². The van der Waals surface area contributed by atoms with Crippen LogP contribution in [0.1, 0.15) is 51.4 Å². The van der Waals surface area contributed by atoms with Crippen LogP contribution in [0, 0.1) is 35.5 Å². The Hall–Kier alpha value is -1.18. The van der Waals surface area contributed by atoms with Crippen molar-refractivity contribution < 1.29 is 54.4 Å². The van der Waals surface area contributed by atoms with Crippen LogP contribution in [0.3, 0.4) is 0 Å². The van der Waals surface area contributed by atoms with Crippen LogP contribution in [0.2, 0.25) is 0 Å². The second-order valence-corrected chi connectivity index (χ2v) is 11.9. The highest BCUT2D eigenvalue weighted by molar-refractivity contribution is 5.89. The molecule has 5 aliphatic rings. The van der Waals surface area contributed by atoms with E-state index >= 15 is 0 Å². The van der Waals surface area contributed by atoms with Crippen LogP contribution >= 0.6 is 0 Å². The predicted molar refractivity (Wildman–Crippen MR) is 124 cm³/mol. The molecular formula is C26H40O11. The number of aliphatic hydroxyl groups excluding tert-OH is 5. The first-order valence-electron chi connectivity index (χ1n) is 13.6. The summed E-state index contributed by atoms with van der Waals surface area (Å²) in [5.41, 5.74) is -1.70. The second kappa shape index (κ2) is 10.4. The third kappa shape index (κ3) is 4.65. The van der Waals surface area contributed by atoms with Crippen LogP contribution in [0.5, 0.6) is 0 Å². The zero-order chi connectivity index (χ0) is 26.6. The van der Waals surface area contributed by atoms with Gasteiger partial charge in [0.05, 0.1) is 19.3 Å². The van der Waals surface area contributed by atoms with Crippen LogP contribution < -0.4 is 0 Å². The van der Waals surface area contributed by atoms with Gasteiger partial charge < -0.3 is 44.8 Å². The van der Waals surface area contributed by atoms with Gasteiger partial charge in [0.2, 0.25) is 0 Å². The zero-order valence-electron chi connectivity index (χ0n) is 21.1. The lowest BCUT2D eigenvalue weighted by Gasteiger charge is -2.55. The quantitative estimate of drug-likeness (QED) is 0.238. The van der Waals surface area contributed by atoms with Crippen LogP contribution in [0.15, 0.2) is 0 Å². The van der Waals surface area contributed by atoms with Crippen LogP contribution in [-0.2, 0) is 23.8 Å². The summed E-state index contributed by atoms with van der Waals surface area (Å²) in [5.74, 6) is -0.777. The van der Waals surface area contributed by atoms with Gasteiger partial charge in [0, 0.05) is 5.92 Å². The summed E-state index contributed by atoms with van der Waals surface area (Å²) in [5, 5.41) is 63.3. The Kier molecular flexibility index (Phi) is 7.71. The summed E-state index contributed by atoms with van der Waals surface area (Å²) in [6, 6.07) is 0. The molecule has 5 fully saturated rings. The highest BCUT2D eigenvalue weighted by atomic mass is 16.7. The SMILES string of the molecule is COC(=O)C1OC(OCC(=O)[C@@]2(O)CCC3C4CCC5C[C@H](O)CCC5C4C(O)CC32)C(O)C(O)C1O. The lowest BCUT2D eigenvalue weighted by atomic mass is 9.52. The van der Waals surface area contributed by atoms with Crippen molar-refractivity contribution in [2.75, 3.05) is 13.7 Å². The summed E-state index contributed by atoms with van der Waals surface area (Å²) in [6.07, 6.45) is -3.77.